The Labute approximate surface area is 86.5 Å². The maximum atomic E-state index is 8.46. The van der Waals surface area contributed by atoms with E-state index in [4.69, 9.17) is 14.6 Å². The Kier molecular flexibility index (Phi) is 33.3. The van der Waals surface area contributed by atoms with Crippen LogP contribution in [0.5, 0.6) is 0 Å². The first-order valence-corrected chi connectivity index (χ1v) is 3.37. The van der Waals surface area contributed by atoms with Gasteiger partial charge in [-0.15, -0.1) is 0 Å². The number of benzene rings is 1. The summed E-state index contributed by atoms with van der Waals surface area (Å²) in [7, 11) is 1.42. The maximum Gasteiger partial charge on any atom is 2.00 e. The molecule has 1 aromatic carbocycles. The third-order valence-electron chi connectivity index (χ3n) is 0.607. The van der Waals surface area contributed by atoms with Crippen LogP contribution in [0, 0.1) is 13.2 Å². The van der Waals surface area contributed by atoms with Crippen LogP contribution in [-0.4, -0.2) is 10.00 Å². The number of aliphatic hydroxyl groups is 1. The molecule has 3 nitrogen and oxygen atoms in total. The molecule has 0 unspecified atom stereocenters. The van der Waals surface area contributed by atoms with Crippen LogP contribution in [-0.2, 0) is 24.0 Å². The molecule has 0 aliphatic heterocycles. The van der Waals surface area contributed by atoms with Crippen molar-refractivity contribution in [3.05, 3.63) is 43.5 Å². The second-order valence-corrected chi connectivity index (χ2v) is 1.32. The van der Waals surface area contributed by atoms with Crippen molar-refractivity contribution >= 4 is 8.69 Å². The van der Waals surface area contributed by atoms with E-state index in [1.165, 1.54) is 0 Å². The van der Waals surface area contributed by atoms with Crippen LogP contribution in [0.25, 0.3) is 0 Å². The number of hydrogen-bond acceptors (Lipinski definition) is 2. The van der Waals surface area contributed by atoms with Crippen LogP contribution in [0.1, 0.15) is 0 Å². The average molecular weight is 238 g/mol. The standard InChI is InChI=1S/C6H5.CH3O.HO2P.Zn/c1-2-4-6-5-3-1;1-2;1-3-2;/h1-5H;2H,1H2;(H,1,2);/q2*-1;;+2. The van der Waals surface area contributed by atoms with E-state index in [-0.39, 0.29) is 19.5 Å². The number of rotatable bonds is 0. The van der Waals surface area contributed by atoms with Crippen LogP contribution in [0.15, 0.2) is 30.3 Å². The molecule has 0 aliphatic rings. The Morgan fingerprint density at radius 1 is 1.17 bits per heavy atom. The van der Waals surface area contributed by atoms with Crippen molar-refractivity contribution in [1.82, 2.24) is 0 Å². The van der Waals surface area contributed by atoms with Gasteiger partial charge in [-0.25, -0.2) is 11.7 Å². The van der Waals surface area contributed by atoms with Crippen molar-refractivity contribution in [2.75, 3.05) is 0 Å². The molecular formula is C7H9O3PZn. The average Bonchev–Trinajstić information content (AvgIpc) is 2.12. The summed E-state index contributed by atoms with van der Waals surface area (Å²) in [5.41, 5.74) is 0. The molecule has 0 aliphatic carbocycles. The predicted octanol–water partition coefficient (Wildman–Crippen LogP) is 1.82. The van der Waals surface area contributed by atoms with Gasteiger partial charge in [0.2, 0.25) is 0 Å². The second-order valence-electron chi connectivity index (χ2n) is 1.16. The van der Waals surface area contributed by atoms with Crippen molar-refractivity contribution in [2.45, 2.75) is 0 Å². The van der Waals surface area contributed by atoms with Gasteiger partial charge in [-0.05, 0) is 0 Å². The molecule has 0 saturated heterocycles. The van der Waals surface area contributed by atoms with Crippen molar-refractivity contribution in [3.8, 4) is 0 Å². The molecule has 0 spiro atoms. The van der Waals surface area contributed by atoms with Gasteiger partial charge >= 0.3 is 28.2 Å². The molecule has 0 saturated carbocycles. The zero-order valence-corrected chi connectivity index (χ0v) is 10.4. The third kappa shape index (κ3) is 22.5. The Morgan fingerprint density at radius 3 is 1.58 bits per heavy atom. The van der Waals surface area contributed by atoms with Crippen LogP contribution in [0.3, 0.4) is 0 Å². The fourth-order valence-corrected chi connectivity index (χ4v) is 0.342. The number of hydrogen-bond donors (Lipinski definition) is 2. The minimum Gasteiger partial charge on any atom is -0.569 e. The number of aliphatic hydroxyl groups excluding tert-OH is 1. The van der Waals surface area contributed by atoms with Crippen LogP contribution >= 0.6 is 8.69 Å². The van der Waals surface area contributed by atoms with Gasteiger partial charge < -0.3 is 10.00 Å². The molecule has 0 amide bonds. The molecule has 0 fully saturated rings. The summed E-state index contributed by atoms with van der Waals surface area (Å²) in [5.74, 6) is 0. The summed E-state index contributed by atoms with van der Waals surface area (Å²) in [4.78, 5) is 6.99. The first kappa shape index (κ1) is 17.8. The molecule has 62 valence electrons. The predicted molar refractivity (Wildman–Crippen MR) is 42.4 cm³/mol. The molecule has 1 rings (SSSR count). The normalized spacial score (nSPS) is 6.25. The quantitative estimate of drug-likeness (QED) is 0.411. The summed E-state index contributed by atoms with van der Waals surface area (Å²) in [6.45, 7) is 0. The Hall–Kier alpha value is -0.137. The van der Waals surface area contributed by atoms with Crippen molar-refractivity contribution < 1.29 is 34.0 Å². The molecule has 0 bridgehead atoms. The van der Waals surface area contributed by atoms with Gasteiger partial charge in [0.15, 0.2) is 0 Å². The molecular weight excluding hydrogens is 228 g/mol. The summed E-state index contributed by atoms with van der Waals surface area (Å²) in [6.07, 6.45) is 0. The minimum absolute atomic E-state index is 0. The molecule has 12 heavy (non-hydrogen) atoms. The topological polar surface area (TPSA) is 57.5 Å². The molecule has 0 aromatic heterocycles. The molecule has 0 heterocycles. The summed E-state index contributed by atoms with van der Waals surface area (Å²) < 4.78 is 8.46. The van der Waals surface area contributed by atoms with Gasteiger partial charge in [0.05, 0.1) is 0 Å². The van der Waals surface area contributed by atoms with E-state index in [2.05, 4.69) is 13.2 Å². The largest absolute Gasteiger partial charge is 2.00 e. The van der Waals surface area contributed by atoms with E-state index in [9.17, 15) is 0 Å². The van der Waals surface area contributed by atoms with Crippen molar-refractivity contribution in [3.63, 3.8) is 0 Å². The smallest absolute Gasteiger partial charge is 0.569 e. The van der Waals surface area contributed by atoms with Gasteiger partial charge in [-0.3, -0.25) is 0 Å². The fourth-order valence-electron chi connectivity index (χ4n) is 0.342. The zero-order valence-electron chi connectivity index (χ0n) is 6.55. The third-order valence-corrected chi connectivity index (χ3v) is 0.607. The van der Waals surface area contributed by atoms with Gasteiger partial charge in [0.25, 0.3) is 0 Å². The second kappa shape index (κ2) is 22.4. The van der Waals surface area contributed by atoms with Crippen LogP contribution in [0.4, 0.5) is 0 Å². The van der Waals surface area contributed by atoms with E-state index in [0.717, 1.165) is 0 Å². The summed E-state index contributed by atoms with van der Waals surface area (Å²) >= 11 is 0. The molecule has 1 aromatic rings. The van der Waals surface area contributed by atoms with Crippen molar-refractivity contribution in [2.24, 2.45) is 0 Å². The Morgan fingerprint density at radius 2 is 1.50 bits per heavy atom. The van der Waals surface area contributed by atoms with Gasteiger partial charge in [-0.2, -0.15) is 36.4 Å². The van der Waals surface area contributed by atoms with E-state index in [1.807, 2.05) is 30.3 Å². The van der Waals surface area contributed by atoms with Gasteiger partial charge in [0.1, 0.15) is 0 Å². The summed E-state index contributed by atoms with van der Waals surface area (Å²) in [6, 6.07) is 12.5. The SMILES string of the molecule is O=PO.[CH2-]O.[Zn+2].[c-]1ccccc1. The monoisotopic (exact) mass is 236 g/mol. The fraction of sp³-hybridized carbons (Fsp3) is 0. The van der Waals surface area contributed by atoms with E-state index in [0.29, 0.717) is 0 Å². The first-order valence-electron chi connectivity index (χ1n) is 2.61. The molecule has 0 radical (unpaired) electrons. The zero-order chi connectivity index (χ0) is 8.95. The van der Waals surface area contributed by atoms with E-state index in [1.54, 1.807) is 0 Å². The minimum atomic E-state index is -0.833. The van der Waals surface area contributed by atoms with Gasteiger partial charge in [0, 0.05) is 0 Å². The molecule has 2 N–H and O–H groups in total. The van der Waals surface area contributed by atoms with E-state index >= 15 is 0 Å². The maximum absolute atomic E-state index is 8.46. The van der Waals surface area contributed by atoms with Gasteiger partial charge in [-0.1, -0.05) is 0 Å². The van der Waals surface area contributed by atoms with Crippen LogP contribution < -0.4 is 0 Å². The first-order chi connectivity index (χ1) is 5.41. The van der Waals surface area contributed by atoms with E-state index < -0.39 is 8.69 Å². The Balaban J connectivity index is -0.000000119. The van der Waals surface area contributed by atoms with Crippen molar-refractivity contribution in [1.29, 1.82) is 0 Å². The summed E-state index contributed by atoms with van der Waals surface area (Å²) in [5, 5.41) is 6.75. The molecule has 5 heteroatoms. The van der Waals surface area contributed by atoms with Crippen LogP contribution in [0.2, 0.25) is 0 Å². The Bertz CT molecular complexity index is 122. The molecule has 0 atom stereocenters.